The van der Waals surface area contributed by atoms with Crippen LogP contribution in [0.25, 0.3) is 0 Å². The number of nitrogens with zero attached hydrogens (tertiary/aromatic N) is 2. The van der Waals surface area contributed by atoms with Crippen LogP contribution in [0.3, 0.4) is 0 Å². The Hall–Kier alpha value is -2.91. The van der Waals surface area contributed by atoms with E-state index < -0.39 is 36.5 Å². The van der Waals surface area contributed by atoms with Crippen LogP contribution in [0.5, 0.6) is 0 Å². The molecule has 2 aromatic carbocycles. The lowest BCUT2D eigenvalue weighted by atomic mass is 10.2. The summed E-state index contributed by atoms with van der Waals surface area (Å²) < 4.78 is 61.7. The van der Waals surface area contributed by atoms with Gasteiger partial charge in [0, 0.05) is 23.8 Å². The van der Waals surface area contributed by atoms with Gasteiger partial charge >= 0.3 is 12.2 Å². The molecule has 2 atom stereocenters. The molecule has 0 bridgehead atoms. The molecule has 0 spiro atoms. The third-order valence-electron chi connectivity index (χ3n) is 7.25. The van der Waals surface area contributed by atoms with E-state index in [1.54, 1.807) is 54.8 Å². The van der Waals surface area contributed by atoms with Crippen LogP contribution in [0.4, 0.5) is 9.59 Å². The molecule has 2 saturated heterocycles. The van der Waals surface area contributed by atoms with Crippen LogP contribution in [0.15, 0.2) is 58.3 Å². The number of likely N-dealkylation sites (tertiary alicyclic amines) is 2. The summed E-state index contributed by atoms with van der Waals surface area (Å²) in [5.41, 5.74) is 0.938. The first kappa shape index (κ1) is 42.3. The molecule has 0 saturated carbocycles. The number of aryl methyl sites for hydroxylation is 2. The normalized spacial score (nSPS) is 18.2. The van der Waals surface area contributed by atoms with Crippen molar-refractivity contribution < 1.29 is 45.2 Å². The third-order valence-corrected chi connectivity index (χ3v) is 9.91. The van der Waals surface area contributed by atoms with Crippen molar-refractivity contribution in [2.24, 2.45) is 0 Å². The molecule has 2 aliphatic heterocycles. The van der Waals surface area contributed by atoms with Gasteiger partial charge in [-0.1, -0.05) is 35.4 Å². The molecule has 2 heterocycles. The number of aliphatic hydroxyl groups is 1. The summed E-state index contributed by atoms with van der Waals surface area (Å²) in [6.45, 7) is 15.9. The van der Waals surface area contributed by atoms with E-state index in [4.69, 9.17) is 29.4 Å². The molecule has 2 fully saturated rings. The van der Waals surface area contributed by atoms with E-state index in [2.05, 4.69) is 0 Å². The Morgan fingerprint density at radius 2 is 1.12 bits per heavy atom. The zero-order valence-corrected chi connectivity index (χ0v) is 32.0. The molecular formula is C34H51ClN2O10S2. The van der Waals surface area contributed by atoms with Gasteiger partial charge in [0.25, 0.3) is 19.2 Å². The standard InChI is InChI=1S/C17H25NO5S.C10H19NO3.C7H7ClO2S/c1-13-7-9-15(10-8-13)24(20,21)22-12-14-6-5-11-18(14)16(19)23-17(2,3)4;1-10(2,3)14-9(13)11-6-4-5-8(11)7-12;1-6-2-4-7(5-3-6)11(8,9)10/h7-10,14H,5-6,11-12H2,1-4H3;8,12H,4-7H2,1-3H3;2-5H,1H3/t14-;8-;/m00./s1. The van der Waals surface area contributed by atoms with Gasteiger partial charge in [-0.15, -0.1) is 0 Å². The van der Waals surface area contributed by atoms with Crippen molar-refractivity contribution in [1.82, 2.24) is 9.80 Å². The van der Waals surface area contributed by atoms with Gasteiger partial charge in [-0.05, 0) is 105 Å². The van der Waals surface area contributed by atoms with Crippen LogP contribution in [0.2, 0.25) is 0 Å². The molecular weight excluding hydrogens is 696 g/mol. The second kappa shape index (κ2) is 17.8. The van der Waals surface area contributed by atoms with Crippen molar-refractivity contribution in [2.75, 3.05) is 26.3 Å². The van der Waals surface area contributed by atoms with Gasteiger partial charge in [-0.25, -0.2) is 18.0 Å². The molecule has 0 aliphatic carbocycles. The zero-order chi connectivity index (χ0) is 37.2. The van der Waals surface area contributed by atoms with E-state index in [0.29, 0.717) is 19.5 Å². The second-order valence-electron chi connectivity index (χ2n) is 13.9. The van der Waals surface area contributed by atoms with Gasteiger partial charge in [-0.2, -0.15) is 8.42 Å². The Labute approximate surface area is 296 Å². The number of carbonyl (C=O) groups is 2. The number of rotatable bonds is 6. The summed E-state index contributed by atoms with van der Waals surface area (Å²) >= 11 is 0. The number of ether oxygens (including phenoxy) is 2. The van der Waals surface area contributed by atoms with Gasteiger partial charge in [0.2, 0.25) is 0 Å². The Kier molecular flexibility index (Phi) is 15.4. The number of amides is 2. The van der Waals surface area contributed by atoms with Gasteiger partial charge < -0.3 is 24.4 Å². The second-order valence-corrected chi connectivity index (χ2v) is 18.1. The Morgan fingerprint density at radius 3 is 1.51 bits per heavy atom. The van der Waals surface area contributed by atoms with Crippen LogP contribution in [-0.4, -0.2) is 93.5 Å². The summed E-state index contributed by atoms with van der Waals surface area (Å²) in [5.74, 6) is 0. The SMILES string of the molecule is CC(C)(C)OC(=O)N1CCC[C@H]1CO.Cc1ccc(S(=O)(=O)Cl)cc1.Cc1ccc(S(=O)(=O)OC[C@@H]2CCCN2C(=O)OC(C)(C)C)cc1. The Bertz CT molecular complexity index is 1590. The van der Waals surface area contributed by atoms with Crippen molar-refractivity contribution in [2.45, 2.75) is 114 Å². The molecule has 276 valence electrons. The predicted octanol–water partition coefficient (Wildman–Crippen LogP) is 6.40. The number of halogens is 1. The molecule has 12 nitrogen and oxygen atoms in total. The first-order chi connectivity index (χ1) is 22.5. The first-order valence-corrected chi connectivity index (χ1v) is 19.8. The average Bonchev–Trinajstić information content (AvgIpc) is 3.65. The molecule has 2 aliphatic rings. The largest absolute Gasteiger partial charge is 0.444 e. The molecule has 4 rings (SSSR count). The fourth-order valence-electron chi connectivity index (χ4n) is 4.80. The van der Waals surface area contributed by atoms with Crippen LogP contribution >= 0.6 is 10.7 Å². The van der Waals surface area contributed by atoms with Crippen molar-refractivity contribution in [3.63, 3.8) is 0 Å². The van der Waals surface area contributed by atoms with Gasteiger partial charge in [-0.3, -0.25) is 4.18 Å². The lowest BCUT2D eigenvalue weighted by Crippen LogP contribution is -2.42. The molecule has 15 heteroatoms. The first-order valence-electron chi connectivity index (χ1n) is 16.1. The lowest BCUT2D eigenvalue weighted by Gasteiger charge is -2.28. The quantitative estimate of drug-likeness (QED) is 0.259. The average molecular weight is 747 g/mol. The van der Waals surface area contributed by atoms with Crippen LogP contribution < -0.4 is 0 Å². The summed E-state index contributed by atoms with van der Waals surface area (Å²) in [5, 5.41) is 9.03. The van der Waals surface area contributed by atoms with Crippen molar-refractivity contribution in [1.29, 1.82) is 0 Å². The summed E-state index contributed by atoms with van der Waals surface area (Å²) in [6.07, 6.45) is 2.58. The third kappa shape index (κ3) is 14.8. The Morgan fingerprint density at radius 1 is 0.735 bits per heavy atom. The maximum Gasteiger partial charge on any atom is 0.410 e. The van der Waals surface area contributed by atoms with Gasteiger partial charge in [0.1, 0.15) is 11.2 Å². The summed E-state index contributed by atoms with van der Waals surface area (Å²) in [6, 6.07) is 12.5. The van der Waals surface area contributed by atoms with E-state index in [-0.39, 0.29) is 41.2 Å². The minimum atomic E-state index is -3.83. The predicted molar refractivity (Wildman–Crippen MR) is 188 cm³/mol. The van der Waals surface area contributed by atoms with E-state index in [9.17, 15) is 26.4 Å². The topological polar surface area (TPSA) is 157 Å². The fourth-order valence-corrected chi connectivity index (χ4v) is 6.51. The fraction of sp³-hybridized carbons (Fsp3) is 0.588. The van der Waals surface area contributed by atoms with E-state index in [1.165, 1.54) is 24.3 Å². The van der Waals surface area contributed by atoms with E-state index in [1.807, 2.05) is 34.6 Å². The van der Waals surface area contributed by atoms with E-state index >= 15 is 0 Å². The zero-order valence-electron chi connectivity index (χ0n) is 29.6. The lowest BCUT2D eigenvalue weighted by molar-refractivity contribution is 0.0171. The summed E-state index contributed by atoms with van der Waals surface area (Å²) in [7, 11) is -2.29. The molecule has 2 amide bonds. The number of hydrogen-bond acceptors (Lipinski definition) is 10. The van der Waals surface area contributed by atoms with Crippen molar-refractivity contribution in [3.05, 3.63) is 59.7 Å². The minimum absolute atomic E-state index is 0.0270. The molecule has 2 aromatic rings. The Balaban J connectivity index is 0.000000282. The van der Waals surface area contributed by atoms with Gasteiger partial charge in [0.05, 0.1) is 35.1 Å². The maximum absolute atomic E-state index is 12.2. The number of carbonyl (C=O) groups excluding carboxylic acids is 2. The van der Waals surface area contributed by atoms with Crippen LogP contribution in [-0.2, 0) is 32.8 Å². The van der Waals surface area contributed by atoms with Crippen molar-refractivity contribution in [3.8, 4) is 0 Å². The maximum atomic E-state index is 12.2. The highest BCUT2D eigenvalue weighted by Crippen LogP contribution is 2.23. The summed E-state index contributed by atoms with van der Waals surface area (Å²) in [4.78, 5) is 27.3. The highest BCUT2D eigenvalue weighted by atomic mass is 35.7. The molecule has 0 aromatic heterocycles. The molecule has 1 N–H and O–H groups in total. The monoisotopic (exact) mass is 746 g/mol. The smallest absolute Gasteiger partial charge is 0.410 e. The number of aliphatic hydroxyl groups excluding tert-OH is 1. The van der Waals surface area contributed by atoms with Crippen molar-refractivity contribution >= 4 is 42.0 Å². The minimum Gasteiger partial charge on any atom is -0.444 e. The number of hydrogen-bond donors (Lipinski definition) is 1. The van der Waals surface area contributed by atoms with E-state index in [0.717, 1.165) is 30.4 Å². The molecule has 0 unspecified atom stereocenters. The number of benzene rings is 2. The van der Waals surface area contributed by atoms with Crippen LogP contribution in [0.1, 0.15) is 78.4 Å². The highest BCUT2D eigenvalue weighted by Gasteiger charge is 2.34. The van der Waals surface area contributed by atoms with Gasteiger partial charge in [0.15, 0.2) is 0 Å². The van der Waals surface area contributed by atoms with Crippen LogP contribution in [0, 0.1) is 13.8 Å². The molecule has 0 radical (unpaired) electrons. The molecule has 49 heavy (non-hydrogen) atoms. The highest BCUT2D eigenvalue weighted by molar-refractivity contribution is 8.13.